The van der Waals surface area contributed by atoms with Crippen LogP contribution in [0.5, 0.6) is 0 Å². The first-order valence-corrected chi connectivity index (χ1v) is 10.2. The maximum absolute atomic E-state index is 12.6. The molecule has 2 fully saturated rings. The van der Waals surface area contributed by atoms with Gasteiger partial charge in [0.1, 0.15) is 5.82 Å². The van der Waals surface area contributed by atoms with Crippen molar-refractivity contribution in [3.05, 3.63) is 42.5 Å². The molecular formula is C23H24N4O2. The number of hydrogen-bond donors (Lipinski definition) is 3. The highest BCUT2D eigenvalue weighted by molar-refractivity contribution is 5.94. The van der Waals surface area contributed by atoms with Crippen molar-refractivity contribution >= 4 is 34.2 Å². The largest absolute Gasteiger partial charge is 0.338 e. The number of anilines is 2. The molecule has 3 atom stereocenters. The van der Waals surface area contributed by atoms with Gasteiger partial charge in [-0.05, 0) is 73.6 Å². The normalized spacial score (nSPS) is 22.7. The SMILES string of the molecule is CC(=O)Nc1ccc2nc(-c3ccc(NC(=O)C4CC5CCC4C5)cc3)[nH]c2c1. The molecule has 148 valence electrons. The van der Waals surface area contributed by atoms with E-state index in [9.17, 15) is 9.59 Å². The Bertz CT molecular complexity index is 1090. The monoisotopic (exact) mass is 388 g/mol. The Morgan fingerprint density at radius 3 is 2.48 bits per heavy atom. The van der Waals surface area contributed by atoms with Crippen molar-refractivity contribution in [2.24, 2.45) is 17.8 Å². The number of aromatic nitrogens is 2. The van der Waals surface area contributed by atoms with Gasteiger partial charge in [0.25, 0.3) is 0 Å². The fourth-order valence-corrected chi connectivity index (χ4v) is 4.94. The molecule has 5 rings (SSSR count). The van der Waals surface area contributed by atoms with Crippen molar-refractivity contribution in [2.75, 3.05) is 10.6 Å². The third-order valence-electron chi connectivity index (χ3n) is 6.30. The number of hydrogen-bond acceptors (Lipinski definition) is 3. The predicted octanol–water partition coefficient (Wildman–Crippen LogP) is 4.56. The van der Waals surface area contributed by atoms with E-state index in [1.807, 2.05) is 42.5 Å². The molecule has 0 radical (unpaired) electrons. The van der Waals surface area contributed by atoms with Gasteiger partial charge >= 0.3 is 0 Å². The number of carbonyl (C=O) groups excluding carboxylic acids is 2. The molecule has 6 heteroatoms. The lowest BCUT2D eigenvalue weighted by atomic mass is 9.88. The Morgan fingerprint density at radius 2 is 1.79 bits per heavy atom. The number of amides is 2. The van der Waals surface area contributed by atoms with Gasteiger partial charge in [-0.1, -0.05) is 6.42 Å². The van der Waals surface area contributed by atoms with E-state index >= 15 is 0 Å². The summed E-state index contributed by atoms with van der Waals surface area (Å²) in [4.78, 5) is 31.8. The minimum Gasteiger partial charge on any atom is -0.338 e. The fourth-order valence-electron chi connectivity index (χ4n) is 4.94. The van der Waals surface area contributed by atoms with Gasteiger partial charge in [-0.2, -0.15) is 0 Å². The number of aromatic amines is 1. The average Bonchev–Trinajstić information content (AvgIpc) is 3.43. The fraction of sp³-hybridized carbons (Fsp3) is 0.348. The van der Waals surface area contributed by atoms with Crippen LogP contribution >= 0.6 is 0 Å². The lowest BCUT2D eigenvalue weighted by molar-refractivity contribution is -0.121. The molecule has 3 N–H and O–H groups in total. The zero-order valence-corrected chi connectivity index (χ0v) is 16.4. The standard InChI is InChI=1S/C23H24N4O2/c1-13(28)24-18-8-9-20-21(12-18)27-22(26-20)15-4-6-17(7-5-15)25-23(29)19-11-14-2-3-16(19)10-14/h4-9,12,14,16,19H,2-3,10-11H2,1H3,(H,24,28)(H,25,29)(H,26,27). The van der Waals surface area contributed by atoms with Gasteiger partial charge in [0.05, 0.1) is 11.0 Å². The van der Waals surface area contributed by atoms with E-state index in [-0.39, 0.29) is 17.7 Å². The molecule has 2 aliphatic carbocycles. The van der Waals surface area contributed by atoms with Crippen molar-refractivity contribution in [3.8, 4) is 11.4 Å². The molecule has 2 amide bonds. The first kappa shape index (κ1) is 17.9. The van der Waals surface area contributed by atoms with Crippen LogP contribution in [0.15, 0.2) is 42.5 Å². The minimum absolute atomic E-state index is 0.104. The van der Waals surface area contributed by atoms with Crippen LogP contribution in [0.4, 0.5) is 11.4 Å². The van der Waals surface area contributed by atoms with Gasteiger partial charge in [-0.25, -0.2) is 4.98 Å². The van der Waals surface area contributed by atoms with Crippen molar-refractivity contribution in [1.82, 2.24) is 9.97 Å². The summed E-state index contributed by atoms with van der Waals surface area (Å²) in [6, 6.07) is 13.4. The summed E-state index contributed by atoms with van der Waals surface area (Å²) in [6.45, 7) is 1.49. The lowest BCUT2D eigenvalue weighted by Gasteiger charge is -2.20. The quantitative estimate of drug-likeness (QED) is 0.612. The lowest BCUT2D eigenvalue weighted by Crippen LogP contribution is -2.27. The molecule has 2 bridgehead atoms. The molecular weight excluding hydrogens is 364 g/mol. The van der Waals surface area contributed by atoms with Crippen molar-refractivity contribution in [2.45, 2.75) is 32.6 Å². The molecule has 2 aliphatic rings. The van der Waals surface area contributed by atoms with Crippen LogP contribution in [-0.4, -0.2) is 21.8 Å². The number of fused-ring (bicyclic) bond motifs is 3. The number of carbonyl (C=O) groups is 2. The summed E-state index contributed by atoms with van der Waals surface area (Å²) < 4.78 is 0. The molecule has 2 saturated carbocycles. The number of nitrogens with zero attached hydrogens (tertiary/aromatic N) is 1. The van der Waals surface area contributed by atoms with Crippen LogP contribution < -0.4 is 10.6 Å². The van der Waals surface area contributed by atoms with E-state index in [0.717, 1.165) is 46.1 Å². The molecule has 2 aromatic carbocycles. The topological polar surface area (TPSA) is 86.9 Å². The third kappa shape index (κ3) is 3.50. The molecule has 29 heavy (non-hydrogen) atoms. The van der Waals surface area contributed by atoms with E-state index in [4.69, 9.17) is 0 Å². The maximum Gasteiger partial charge on any atom is 0.227 e. The van der Waals surface area contributed by atoms with E-state index in [1.54, 1.807) is 0 Å². The minimum atomic E-state index is -0.104. The van der Waals surface area contributed by atoms with Crippen molar-refractivity contribution in [3.63, 3.8) is 0 Å². The van der Waals surface area contributed by atoms with Crippen LogP contribution in [0.1, 0.15) is 32.6 Å². The van der Waals surface area contributed by atoms with Crippen LogP contribution in [-0.2, 0) is 9.59 Å². The van der Waals surface area contributed by atoms with E-state index < -0.39 is 0 Å². The summed E-state index contributed by atoms with van der Waals surface area (Å²) in [6.07, 6.45) is 4.78. The average molecular weight is 388 g/mol. The Kier molecular flexibility index (Phi) is 4.34. The zero-order chi connectivity index (χ0) is 20.0. The van der Waals surface area contributed by atoms with Crippen LogP contribution in [0, 0.1) is 17.8 Å². The van der Waals surface area contributed by atoms with Gasteiger partial charge in [0.15, 0.2) is 0 Å². The maximum atomic E-state index is 12.6. The molecule has 1 aromatic heterocycles. The molecule has 1 heterocycles. The highest BCUT2D eigenvalue weighted by Crippen LogP contribution is 2.48. The first-order valence-electron chi connectivity index (χ1n) is 10.2. The zero-order valence-electron chi connectivity index (χ0n) is 16.4. The molecule has 3 unspecified atom stereocenters. The second kappa shape index (κ2) is 7.03. The number of nitrogens with one attached hydrogen (secondary N) is 3. The molecule has 3 aromatic rings. The van der Waals surface area contributed by atoms with E-state index in [0.29, 0.717) is 5.92 Å². The molecule has 6 nitrogen and oxygen atoms in total. The number of imidazole rings is 1. The van der Waals surface area contributed by atoms with E-state index in [1.165, 1.54) is 26.2 Å². The predicted molar refractivity (Wildman–Crippen MR) is 113 cm³/mol. The van der Waals surface area contributed by atoms with Crippen LogP contribution in [0.25, 0.3) is 22.4 Å². The van der Waals surface area contributed by atoms with Gasteiger partial charge in [-0.3, -0.25) is 9.59 Å². The Hall–Kier alpha value is -3.15. The summed E-state index contributed by atoms with van der Waals surface area (Å²) in [5, 5.41) is 5.87. The molecule has 0 aliphatic heterocycles. The smallest absolute Gasteiger partial charge is 0.227 e. The summed E-state index contributed by atoms with van der Waals surface area (Å²) in [5.74, 6) is 2.34. The van der Waals surface area contributed by atoms with Crippen molar-refractivity contribution in [1.29, 1.82) is 0 Å². The van der Waals surface area contributed by atoms with Crippen LogP contribution in [0.2, 0.25) is 0 Å². The van der Waals surface area contributed by atoms with Gasteiger partial charge in [-0.15, -0.1) is 0 Å². The first-order chi connectivity index (χ1) is 14.0. The summed E-state index contributed by atoms with van der Waals surface area (Å²) in [5.41, 5.74) is 4.20. The third-order valence-corrected chi connectivity index (χ3v) is 6.30. The Balaban J connectivity index is 1.30. The molecule has 0 saturated heterocycles. The number of rotatable bonds is 4. The second-order valence-corrected chi connectivity index (χ2v) is 8.35. The summed E-state index contributed by atoms with van der Waals surface area (Å²) >= 11 is 0. The Labute approximate surface area is 169 Å². The van der Waals surface area contributed by atoms with Gasteiger partial charge < -0.3 is 15.6 Å². The molecule has 0 spiro atoms. The second-order valence-electron chi connectivity index (χ2n) is 8.35. The highest BCUT2D eigenvalue weighted by Gasteiger charge is 2.42. The number of H-pyrrole nitrogens is 1. The van der Waals surface area contributed by atoms with Gasteiger partial charge in [0, 0.05) is 29.8 Å². The van der Waals surface area contributed by atoms with Gasteiger partial charge in [0.2, 0.25) is 11.8 Å². The summed E-state index contributed by atoms with van der Waals surface area (Å²) in [7, 11) is 0. The van der Waals surface area contributed by atoms with E-state index in [2.05, 4.69) is 20.6 Å². The Morgan fingerprint density at radius 1 is 1.00 bits per heavy atom. The van der Waals surface area contributed by atoms with Crippen molar-refractivity contribution < 1.29 is 9.59 Å². The highest BCUT2D eigenvalue weighted by atomic mass is 16.2. The van der Waals surface area contributed by atoms with Crippen LogP contribution in [0.3, 0.4) is 0 Å². The number of benzene rings is 2.